The molecule has 0 radical (unpaired) electrons. The van der Waals surface area contributed by atoms with Crippen molar-refractivity contribution in [3.8, 4) is 0 Å². The van der Waals surface area contributed by atoms with Crippen molar-refractivity contribution in [3.63, 3.8) is 0 Å². The maximum Gasteiger partial charge on any atom is 0.251 e. The summed E-state index contributed by atoms with van der Waals surface area (Å²) in [4.78, 5) is 14.1. The Morgan fingerprint density at radius 2 is 2.38 bits per heavy atom. The summed E-state index contributed by atoms with van der Waals surface area (Å²) in [6.45, 7) is 3.63. The predicted molar refractivity (Wildman–Crippen MR) is 49.9 cm³/mol. The Balaban J connectivity index is 2.48. The van der Waals surface area contributed by atoms with E-state index in [1.807, 2.05) is 13.0 Å². The van der Waals surface area contributed by atoms with Gasteiger partial charge in [-0.25, -0.2) is 0 Å². The van der Waals surface area contributed by atoms with Crippen molar-refractivity contribution in [2.24, 2.45) is 0 Å². The van der Waals surface area contributed by atoms with Gasteiger partial charge in [-0.3, -0.25) is 4.79 Å². The molecule has 2 atom stereocenters. The number of rotatable bonds is 1. The zero-order valence-electron chi connectivity index (χ0n) is 7.79. The van der Waals surface area contributed by atoms with Gasteiger partial charge < -0.3 is 10.1 Å². The number of hydrogen-bond acceptors (Lipinski definition) is 2. The van der Waals surface area contributed by atoms with Crippen LogP contribution < -0.4 is 5.56 Å². The third-order valence-corrected chi connectivity index (χ3v) is 2.71. The molecule has 1 aromatic rings. The molecular weight excluding hydrogens is 166 g/mol. The van der Waals surface area contributed by atoms with Gasteiger partial charge in [0.2, 0.25) is 0 Å². The van der Waals surface area contributed by atoms with Gasteiger partial charge in [0.05, 0.1) is 6.10 Å². The van der Waals surface area contributed by atoms with E-state index in [2.05, 4.69) is 4.98 Å². The van der Waals surface area contributed by atoms with Crippen LogP contribution in [-0.2, 0) is 6.42 Å². The molecule has 1 aliphatic rings. The SMILES string of the molecule is Cc1cc2c(c(=O)[nH]1)CC2C(C)O. The van der Waals surface area contributed by atoms with E-state index < -0.39 is 0 Å². The summed E-state index contributed by atoms with van der Waals surface area (Å²) in [6, 6.07) is 1.96. The lowest BCUT2D eigenvalue weighted by Crippen LogP contribution is -2.33. The number of fused-ring (bicyclic) bond motifs is 1. The molecule has 0 aromatic carbocycles. The molecule has 2 N–H and O–H groups in total. The number of aromatic amines is 1. The number of H-pyrrole nitrogens is 1. The molecule has 1 aromatic heterocycles. The van der Waals surface area contributed by atoms with E-state index >= 15 is 0 Å². The molecule has 2 unspecified atom stereocenters. The first kappa shape index (κ1) is 8.51. The highest BCUT2D eigenvalue weighted by atomic mass is 16.3. The van der Waals surface area contributed by atoms with Gasteiger partial charge in [-0.1, -0.05) is 0 Å². The molecule has 3 heteroatoms. The average molecular weight is 179 g/mol. The molecule has 0 amide bonds. The van der Waals surface area contributed by atoms with Crippen LogP contribution in [0.4, 0.5) is 0 Å². The number of aliphatic hydroxyl groups excluding tert-OH is 1. The largest absolute Gasteiger partial charge is 0.393 e. The normalized spacial score (nSPS) is 21.9. The van der Waals surface area contributed by atoms with Gasteiger partial charge in [-0.15, -0.1) is 0 Å². The van der Waals surface area contributed by atoms with Crippen LogP contribution in [0.2, 0.25) is 0 Å². The molecule has 1 heterocycles. The van der Waals surface area contributed by atoms with Crippen molar-refractivity contribution in [1.82, 2.24) is 4.98 Å². The zero-order valence-corrected chi connectivity index (χ0v) is 7.79. The second-order valence-corrected chi connectivity index (χ2v) is 3.77. The van der Waals surface area contributed by atoms with Crippen LogP contribution in [-0.4, -0.2) is 16.2 Å². The second kappa shape index (κ2) is 2.70. The molecular formula is C10H13NO2. The topological polar surface area (TPSA) is 53.1 Å². The standard InChI is InChI=1S/C10H13NO2/c1-5-3-8-7(6(2)12)4-9(8)10(13)11-5/h3,6-7,12H,4H2,1-2H3,(H,11,13). The lowest BCUT2D eigenvalue weighted by Gasteiger charge is -2.31. The first-order valence-corrected chi connectivity index (χ1v) is 4.50. The third-order valence-electron chi connectivity index (χ3n) is 2.71. The van der Waals surface area contributed by atoms with Gasteiger partial charge in [0.15, 0.2) is 0 Å². The van der Waals surface area contributed by atoms with Crippen LogP contribution in [0.15, 0.2) is 10.9 Å². The summed E-state index contributed by atoms with van der Waals surface area (Å²) < 4.78 is 0. The van der Waals surface area contributed by atoms with Crippen molar-refractivity contribution in [2.45, 2.75) is 32.3 Å². The number of aryl methyl sites for hydroxylation is 1. The minimum absolute atomic E-state index is 0.00639. The van der Waals surface area contributed by atoms with Crippen molar-refractivity contribution in [2.75, 3.05) is 0 Å². The fourth-order valence-corrected chi connectivity index (χ4v) is 1.91. The molecule has 0 spiro atoms. The van der Waals surface area contributed by atoms with Crippen molar-refractivity contribution in [1.29, 1.82) is 0 Å². The van der Waals surface area contributed by atoms with Crippen LogP contribution in [0.5, 0.6) is 0 Å². The lowest BCUT2D eigenvalue weighted by atomic mass is 9.75. The molecule has 13 heavy (non-hydrogen) atoms. The van der Waals surface area contributed by atoms with Gasteiger partial charge in [-0.05, 0) is 31.9 Å². The molecule has 3 nitrogen and oxygen atoms in total. The summed E-state index contributed by atoms with van der Waals surface area (Å²) in [5, 5.41) is 9.39. The molecule has 0 aliphatic heterocycles. The Kier molecular flexibility index (Phi) is 1.77. The Hall–Kier alpha value is -1.09. The minimum Gasteiger partial charge on any atom is -0.393 e. The first-order chi connectivity index (χ1) is 6.09. The van der Waals surface area contributed by atoms with Gasteiger partial charge in [0, 0.05) is 17.2 Å². The highest BCUT2D eigenvalue weighted by Crippen LogP contribution is 2.35. The van der Waals surface area contributed by atoms with E-state index in [4.69, 9.17) is 0 Å². The maximum absolute atomic E-state index is 11.3. The van der Waals surface area contributed by atoms with E-state index in [-0.39, 0.29) is 17.6 Å². The van der Waals surface area contributed by atoms with E-state index in [0.717, 1.165) is 16.8 Å². The molecule has 0 fully saturated rings. The Morgan fingerprint density at radius 3 is 3.00 bits per heavy atom. The van der Waals surface area contributed by atoms with Crippen molar-refractivity contribution < 1.29 is 5.11 Å². The number of aliphatic hydroxyl groups is 1. The second-order valence-electron chi connectivity index (χ2n) is 3.77. The highest BCUT2D eigenvalue weighted by Gasteiger charge is 2.32. The smallest absolute Gasteiger partial charge is 0.251 e. The van der Waals surface area contributed by atoms with Crippen molar-refractivity contribution in [3.05, 3.63) is 33.2 Å². The number of pyridine rings is 1. The monoisotopic (exact) mass is 179 g/mol. The maximum atomic E-state index is 11.3. The molecule has 0 saturated heterocycles. The summed E-state index contributed by atoms with van der Waals surface area (Å²) in [6.07, 6.45) is 0.358. The fourth-order valence-electron chi connectivity index (χ4n) is 1.91. The lowest BCUT2D eigenvalue weighted by molar-refractivity contribution is 0.151. The zero-order chi connectivity index (χ0) is 9.59. The quantitative estimate of drug-likeness (QED) is 0.667. The Bertz CT molecular complexity index is 392. The molecule has 2 rings (SSSR count). The minimum atomic E-state index is -0.353. The van der Waals surface area contributed by atoms with Crippen LogP contribution in [0, 0.1) is 6.92 Å². The van der Waals surface area contributed by atoms with Gasteiger partial charge in [0.25, 0.3) is 5.56 Å². The van der Waals surface area contributed by atoms with Gasteiger partial charge in [0.1, 0.15) is 0 Å². The summed E-state index contributed by atoms with van der Waals surface area (Å²) in [5.41, 5.74) is 2.74. The van der Waals surface area contributed by atoms with Gasteiger partial charge in [-0.2, -0.15) is 0 Å². The Morgan fingerprint density at radius 1 is 1.69 bits per heavy atom. The van der Waals surface area contributed by atoms with Crippen LogP contribution >= 0.6 is 0 Å². The third kappa shape index (κ3) is 1.20. The van der Waals surface area contributed by atoms with E-state index in [1.54, 1.807) is 6.92 Å². The highest BCUT2D eigenvalue weighted by molar-refractivity contribution is 5.40. The predicted octanol–water partition coefficient (Wildman–Crippen LogP) is 0.704. The van der Waals surface area contributed by atoms with E-state index in [9.17, 15) is 9.90 Å². The molecule has 0 saturated carbocycles. The van der Waals surface area contributed by atoms with Crippen LogP contribution in [0.25, 0.3) is 0 Å². The van der Waals surface area contributed by atoms with Crippen molar-refractivity contribution >= 4 is 0 Å². The number of hydrogen-bond donors (Lipinski definition) is 2. The van der Waals surface area contributed by atoms with Gasteiger partial charge >= 0.3 is 0 Å². The number of nitrogens with one attached hydrogen (secondary N) is 1. The Labute approximate surface area is 76.4 Å². The van der Waals surface area contributed by atoms with E-state index in [1.165, 1.54) is 0 Å². The summed E-state index contributed by atoms with van der Waals surface area (Å²) in [5.74, 6) is 0.163. The number of aromatic nitrogens is 1. The first-order valence-electron chi connectivity index (χ1n) is 4.50. The summed E-state index contributed by atoms with van der Waals surface area (Å²) in [7, 11) is 0. The molecule has 0 bridgehead atoms. The average Bonchev–Trinajstić information content (AvgIpc) is 1.95. The van der Waals surface area contributed by atoms with Crippen LogP contribution in [0.3, 0.4) is 0 Å². The fraction of sp³-hybridized carbons (Fsp3) is 0.500. The summed E-state index contributed by atoms with van der Waals surface area (Å²) >= 11 is 0. The van der Waals surface area contributed by atoms with Crippen LogP contribution in [0.1, 0.15) is 29.7 Å². The molecule has 70 valence electrons. The molecule has 1 aliphatic carbocycles. The van der Waals surface area contributed by atoms with E-state index in [0.29, 0.717) is 6.42 Å².